The molecule has 0 saturated heterocycles. The Morgan fingerprint density at radius 3 is 2.73 bits per heavy atom. The first-order chi connectivity index (χ1) is 7.27. The highest BCUT2D eigenvalue weighted by Crippen LogP contribution is 2.52. The fourth-order valence-electron chi connectivity index (χ4n) is 2.60. The van der Waals surface area contributed by atoms with Crippen LogP contribution in [0.3, 0.4) is 0 Å². The van der Waals surface area contributed by atoms with Crippen molar-refractivity contribution in [3.8, 4) is 0 Å². The van der Waals surface area contributed by atoms with Gasteiger partial charge in [-0.15, -0.1) is 0 Å². The van der Waals surface area contributed by atoms with Gasteiger partial charge in [0.25, 0.3) is 0 Å². The molecule has 0 unspecified atom stereocenters. The van der Waals surface area contributed by atoms with E-state index in [2.05, 4.69) is 48.3 Å². The first-order valence-corrected chi connectivity index (χ1v) is 6.65. The van der Waals surface area contributed by atoms with Crippen LogP contribution in [-0.4, -0.2) is 4.87 Å². The van der Waals surface area contributed by atoms with Crippen molar-refractivity contribution in [2.45, 2.75) is 42.4 Å². The zero-order valence-electron chi connectivity index (χ0n) is 9.12. The van der Waals surface area contributed by atoms with E-state index in [4.69, 9.17) is 0 Å². The van der Waals surface area contributed by atoms with Gasteiger partial charge in [0.15, 0.2) is 0 Å². The monoisotopic (exact) mass is 219 g/mol. The van der Waals surface area contributed by atoms with Crippen molar-refractivity contribution < 1.29 is 0 Å². The Hall–Kier alpha value is -0.630. The van der Waals surface area contributed by atoms with Crippen LogP contribution in [0.2, 0.25) is 0 Å². The molecule has 2 heteroatoms. The van der Waals surface area contributed by atoms with Crippen LogP contribution < -0.4 is 5.32 Å². The van der Waals surface area contributed by atoms with Crippen LogP contribution in [0.5, 0.6) is 0 Å². The molecule has 80 valence electrons. The van der Waals surface area contributed by atoms with E-state index >= 15 is 0 Å². The van der Waals surface area contributed by atoms with Crippen molar-refractivity contribution in [2.75, 3.05) is 5.32 Å². The summed E-state index contributed by atoms with van der Waals surface area (Å²) in [6.07, 6.45) is 5.36. The van der Waals surface area contributed by atoms with Gasteiger partial charge in [0, 0.05) is 10.6 Å². The molecule has 1 aliphatic carbocycles. The smallest absolute Gasteiger partial charge is 0.0881 e. The van der Waals surface area contributed by atoms with Crippen molar-refractivity contribution in [1.82, 2.24) is 0 Å². The van der Waals surface area contributed by atoms with Gasteiger partial charge in [0.1, 0.15) is 0 Å². The molecule has 3 rings (SSSR count). The Balaban J connectivity index is 1.83. The van der Waals surface area contributed by atoms with Crippen LogP contribution in [0.25, 0.3) is 0 Å². The molecule has 1 aromatic carbocycles. The molecule has 0 amide bonds. The van der Waals surface area contributed by atoms with Gasteiger partial charge in [-0.2, -0.15) is 0 Å². The lowest BCUT2D eigenvalue weighted by Gasteiger charge is -2.35. The number of anilines is 1. The number of fused-ring (bicyclic) bond motifs is 1. The summed E-state index contributed by atoms with van der Waals surface area (Å²) in [6.45, 7) is 2.37. The minimum atomic E-state index is 0.330. The molecule has 0 aromatic heterocycles. The molecule has 1 aromatic rings. The van der Waals surface area contributed by atoms with Crippen LogP contribution in [0, 0.1) is 5.92 Å². The molecule has 1 fully saturated rings. The molecule has 0 atom stereocenters. The molecule has 0 radical (unpaired) electrons. The second-order valence-electron chi connectivity index (χ2n) is 4.90. The summed E-state index contributed by atoms with van der Waals surface area (Å²) >= 11 is 2.05. The Morgan fingerprint density at radius 2 is 2.00 bits per heavy atom. The third-order valence-corrected chi connectivity index (χ3v) is 5.11. The zero-order valence-corrected chi connectivity index (χ0v) is 9.94. The normalized spacial score (nSPS) is 33.8. The highest BCUT2D eigenvalue weighted by molar-refractivity contribution is 8.01. The number of nitrogens with one attached hydrogen (secondary N) is 1. The molecule has 1 spiro atoms. The standard InChI is InChI=1S/C13H17NS/c1-10-6-8-13(9-7-10)14-11-4-2-3-5-12(11)15-13/h2-5,10,14H,6-9H2,1H3. The number of hydrogen-bond acceptors (Lipinski definition) is 2. The van der Waals surface area contributed by atoms with Crippen LogP contribution in [0.1, 0.15) is 32.6 Å². The van der Waals surface area contributed by atoms with E-state index in [1.54, 1.807) is 0 Å². The van der Waals surface area contributed by atoms with Crippen LogP contribution in [0.15, 0.2) is 29.2 Å². The lowest BCUT2D eigenvalue weighted by Crippen LogP contribution is -2.35. The first kappa shape index (κ1) is 9.59. The SMILES string of the molecule is CC1CCC2(CC1)Nc1ccccc1S2. The zero-order chi connectivity index (χ0) is 10.3. The van der Waals surface area contributed by atoms with E-state index in [0.717, 1.165) is 5.92 Å². The summed E-state index contributed by atoms with van der Waals surface area (Å²) < 4.78 is 0. The molecule has 1 aliphatic heterocycles. The van der Waals surface area contributed by atoms with Gasteiger partial charge in [0.2, 0.25) is 0 Å². The Kier molecular flexibility index (Phi) is 2.20. The number of benzene rings is 1. The van der Waals surface area contributed by atoms with Gasteiger partial charge in [-0.1, -0.05) is 30.8 Å². The van der Waals surface area contributed by atoms with Crippen LogP contribution in [0.4, 0.5) is 5.69 Å². The van der Waals surface area contributed by atoms with Gasteiger partial charge < -0.3 is 5.32 Å². The molecule has 1 saturated carbocycles. The Labute approximate surface area is 95.6 Å². The summed E-state index contributed by atoms with van der Waals surface area (Å²) in [7, 11) is 0. The predicted octanol–water partition coefficient (Wildman–Crippen LogP) is 4.11. The number of para-hydroxylation sites is 1. The second kappa shape index (κ2) is 3.44. The largest absolute Gasteiger partial charge is 0.369 e. The van der Waals surface area contributed by atoms with Crippen molar-refractivity contribution in [3.05, 3.63) is 24.3 Å². The molecule has 1 nitrogen and oxygen atoms in total. The summed E-state index contributed by atoms with van der Waals surface area (Å²) in [6, 6.07) is 8.70. The molecule has 15 heavy (non-hydrogen) atoms. The van der Waals surface area contributed by atoms with E-state index in [1.807, 2.05) is 0 Å². The van der Waals surface area contributed by atoms with E-state index in [9.17, 15) is 0 Å². The Morgan fingerprint density at radius 1 is 1.27 bits per heavy atom. The average molecular weight is 219 g/mol. The van der Waals surface area contributed by atoms with E-state index in [1.165, 1.54) is 36.3 Å². The quantitative estimate of drug-likeness (QED) is 0.704. The predicted molar refractivity (Wildman–Crippen MR) is 66.3 cm³/mol. The van der Waals surface area contributed by atoms with E-state index in [0.29, 0.717) is 4.87 Å². The molecular weight excluding hydrogens is 202 g/mol. The molecular formula is C13H17NS. The first-order valence-electron chi connectivity index (χ1n) is 5.84. The van der Waals surface area contributed by atoms with Gasteiger partial charge >= 0.3 is 0 Å². The molecule has 2 aliphatic rings. The van der Waals surface area contributed by atoms with E-state index in [-0.39, 0.29) is 0 Å². The molecule has 0 bridgehead atoms. The number of hydrogen-bond donors (Lipinski definition) is 1. The van der Waals surface area contributed by atoms with Crippen molar-refractivity contribution in [1.29, 1.82) is 0 Å². The molecule has 1 heterocycles. The second-order valence-corrected chi connectivity index (χ2v) is 6.33. The molecule has 1 N–H and O–H groups in total. The lowest BCUT2D eigenvalue weighted by molar-refractivity contribution is 0.342. The van der Waals surface area contributed by atoms with Gasteiger partial charge in [-0.25, -0.2) is 0 Å². The lowest BCUT2D eigenvalue weighted by atomic mass is 9.87. The maximum absolute atomic E-state index is 3.73. The maximum atomic E-state index is 3.73. The maximum Gasteiger partial charge on any atom is 0.0881 e. The third kappa shape index (κ3) is 1.65. The Bertz CT molecular complexity index is 340. The third-order valence-electron chi connectivity index (χ3n) is 3.64. The summed E-state index contributed by atoms with van der Waals surface area (Å²) in [5.74, 6) is 0.918. The number of thioether (sulfide) groups is 1. The van der Waals surface area contributed by atoms with Gasteiger partial charge in [-0.05, 0) is 43.7 Å². The fourth-order valence-corrected chi connectivity index (χ4v) is 3.99. The van der Waals surface area contributed by atoms with Gasteiger partial charge in [0.05, 0.1) is 4.87 Å². The van der Waals surface area contributed by atoms with Crippen molar-refractivity contribution in [2.24, 2.45) is 5.92 Å². The van der Waals surface area contributed by atoms with Crippen LogP contribution >= 0.6 is 11.8 Å². The van der Waals surface area contributed by atoms with Crippen LogP contribution in [-0.2, 0) is 0 Å². The van der Waals surface area contributed by atoms with Crippen molar-refractivity contribution in [3.63, 3.8) is 0 Å². The minimum Gasteiger partial charge on any atom is -0.369 e. The van der Waals surface area contributed by atoms with Gasteiger partial charge in [-0.3, -0.25) is 0 Å². The highest BCUT2D eigenvalue weighted by atomic mass is 32.2. The summed E-state index contributed by atoms with van der Waals surface area (Å²) in [5.41, 5.74) is 1.34. The fraction of sp³-hybridized carbons (Fsp3) is 0.538. The van der Waals surface area contributed by atoms with Crippen molar-refractivity contribution >= 4 is 17.4 Å². The minimum absolute atomic E-state index is 0.330. The topological polar surface area (TPSA) is 12.0 Å². The highest BCUT2D eigenvalue weighted by Gasteiger charge is 2.39. The average Bonchev–Trinajstić information content (AvgIpc) is 2.61. The summed E-state index contributed by atoms with van der Waals surface area (Å²) in [5, 5.41) is 3.73. The summed E-state index contributed by atoms with van der Waals surface area (Å²) in [4.78, 5) is 1.77. The van der Waals surface area contributed by atoms with E-state index < -0.39 is 0 Å². The number of rotatable bonds is 0.